The number of hydrogen-bond acceptors (Lipinski definition) is 9. The van der Waals surface area contributed by atoms with Crippen LogP contribution in [0.2, 0.25) is 0 Å². The molecule has 1 fully saturated rings. The van der Waals surface area contributed by atoms with Gasteiger partial charge in [0.25, 0.3) is 0 Å². The van der Waals surface area contributed by atoms with Gasteiger partial charge in [-0.15, -0.1) is 0 Å². The van der Waals surface area contributed by atoms with Crippen LogP contribution in [0.25, 0.3) is 0 Å². The summed E-state index contributed by atoms with van der Waals surface area (Å²) in [5.41, 5.74) is 0.962. The molecule has 3 rings (SSSR count). The number of aliphatic hydroxyl groups excluding tert-OH is 1. The predicted molar refractivity (Wildman–Crippen MR) is 125 cm³/mol. The summed E-state index contributed by atoms with van der Waals surface area (Å²) in [5.74, 6) is 0.669. The van der Waals surface area contributed by atoms with Gasteiger partial charge < -0.3 is 25.2 Å². The van der Waals surface area contributed by atoms with E-state index in [1.807, 2.05) is 6.07 Å². The number of nitrogens with one attached hydrogen (secondary N) is 2. The molecule has 33 heavy (non-hydrogen) atoms. The van der Waals surface area contributed by atoms with Gasteiger partial charge in [-0.1, -0.05) is 6.07 Å². The van der Waals surface area contributed by atoms with Gasteiger partial charge in [0, 0.05) is 25.8 Å². The third-order valence-electron chi connectivity index (χ3n) is 5.58. The molecule has 0 saturated carbocycles. The zero-order chi connectivity index (χ0) is 24.0. The molecule has 1 aromatic carbocycles. The molecule has 1 atom stereocenters. The SMILES string of the molecule is COC(=O)c1ccc(N2CCC(CNC[C@@H](O)c3ccc(O)c(NS(C)(=O)=O)c3)CC2)nc1. The first-order chi connectivity index (χ1) is 15.7. The zero-order valence-electron chi connectivity index (χ0n) is 18.7. The normalized spacial score (nSPS) is 15.8. The van der Waals surface area contributed by atoms with Crippen molar-refractivity contribution >= 4 is 27.5 Å². The number of carbonyl (C=O) groups excluding carboxylic acids is 1. The molecule has 10 nitrogen and oxygen atoms in total. The van der Waals surface area contributed by atoms with E-state index in [1.165, 1.54) is 25.4 Å². The number of methoxy groups -OCH3 is 1. The Morgan fingerprint density at radius 3 is 2.61 bits per heavy atom. The molecule has 1 aromatic heterocycles. The van der Waals surface area contributed by atoms with Gasteiger partial charge in [0.05, 0.1) is 30.7 Å². The van der Waals surface area contributed by atoms with Crippen LogP contribution in [0.15, 0.2) is 36.5 Å². The zero-order valence-corrected chi connectivity index (χ0v) is 19.5. The molecule has 2 aromatic rings. The van der Waals surface area contributed by atoms with E-state index >= 15 is 0 Å². The van der Waals surface area contributed by atoms with Crippen LogP contribution in [0, 0.1) is 5.92 Å². The second kappa shape index (κ2) is 10.8. The Bertz CT molecular complexity index is 1050. The average molecular weight is 479 g/mol. The van der Waals surface area contributed by atoms with Crippen LogP contribution in [-0.4, -0.2) is 69.1 Å². The van der Waals surface area contributed by atoms with Crippen molar-refractivity contribution in [2.75, 3.05) is 49.2 Å². The lowest BCUT2D eigenvalue weighted by atomic mass is 9.96. The maximum atomic E-state index is 11.5. The standard InChI is InChI=1S/C22H30N4O6S/c1-32-22(29)17-4-6-21(24-13-17)26-9-7-15(8-10-26)12-23-14-20(28)16-3-5-19(27)18(11-16)25-33(2,30)31/h3-6,11,13,15,20,23,25,27-28H,7-10,12,14H2,1-2H3/t20-/m1/s1. The number of ether oxygens (including phenoxy) is 1. The molecule has 4 N–H and O–H groups in total. The summed E-state index contributed by atoms with van der Waals surface area (Å²) < 4.78 is 29.8. The number of nitrogens with zero attached hydrogens (tertiary/aromatic N) is 2. The number of esters is 1. The summed E-state index contributed by atoms with van der Waals surface area (Å²) in [6.45, 7) is 2.74. The molecule has 1 aliphatic heterocycles. The number of aromatic nitrogens is 1. The number of rotatable bonds is 9. The van der Waals surface area contributed by atoms with E-state index in [-0.39, 0.29) is 11.4 Å². The molecular formula is C22H30N4O6S. The second-order valence-electron chi connectivity index (χ2n) is 8.15. The van der Waals surface area contributed by atoms with Crippen molar-refractivity contribution in [3.8, 4) is 5.75 Å². The molecular weight excluding hydrogens is 448 g/mol. The average Bonchev–Trinajstić information content (AvgIpc) is 2.79. The van der Waals surface area contributed by atoms with Crippen molar-refractivity contribution < 1.29 is 28.2 Å². The predicted octanol–water partition coefficient (Wildman–Crippen LogP) is 1.48. The minimum Gasteiger partial charge on any atom is -0.506 e. The van der Waals surface area contributed by atoms with Crippen molar-refractivity contribution in [1.29, 1.82) is 0 Å². The van der Waals surface area contributed by atoms with E-state index < -0.39 is 22.1 Å². The number of carbonyl (C=O) groups is 1. The van der Waals surface area contributed by atoms with Gasteiger partial charge in [-0.2, -0.15) is 0 Å². The van der Waals surface area contributed by atoms with Crippen LogP contribution in [0.5, 0.6) is 5.75 Å². The highest BCUT2D eigenvalue weighted by Gasteiger charge is 2.21. The van der Waals surface area contributed by atoms with Gasteiger partial charge in [0.2, 0.25) is 10.0 Å². The molecule has 2 heterocycles. The Morgan fingerprint density at radius 2 is 2.00 bits per heavy atom. The number of piperidine rings is 1. The van der Waals surface area contributed by atoms with Crippen molar-refractivity contribution in [3.05, 3.63) is 47.7 Å². The number of benzene rings is 1. The molecule has 0 bridgehead atoms. The third-order valence-corrected chi connectivity index (χ3v) is 6.17. The Hall–Kier alpha value is -2.89. The fourth-order valence-corrected chi connectivity index (χ4v) is 4.33. The highest BCUT2D eigenvalue weighted by Crippen LogP contribution is 2.28. The third kappa shape index (κ3) is 7.04. The van der Waals surface area contributed by atoms with Crippen LogP contribution < -0.4 is 14.9 Å². The van der Waals surface area contributed by atoms with Crippen molar-refractivity contribution in [2.45, 2.75) is 18.9 Å². The maximum absolute atomic E-state index is 11.5. The fraction of sp³-hybridized carbons (Fsp3) is 0.455. The Balaban J connectivity index is 1.45. The van der Waals surface area contributed by atoms with Crippen molar-refractivity contribution in [1.82, 2.24) is 10.3 Å². The van der Waals surface area contributed by atoms with E-state index in [0.717, 1.165) is 44.5 Å². The fourth-order valence-electron chi connectivity index (χ4n) is 3.76. The molecule has 180 valence electrons. The number of anilines is 2. The number of aliphatic hydroxyl groups is 1. The van der Waals surface area contributed by atoms with Crippen LogP contribution in [0.1, 0.15) is 34.9 Å². The molecule has 1 saturated heterocycles. The van der Waals surface area contributed by atoms with Crippen molar-refractivity contribution in [3.63, 3.8) is 0 Å². The molecule has 0 spiro atoms. The highest BCUT2D eigenvalue weighted by atomic mass is 32.2. The summed E-state index contributed by atoms with van der Waals surface area (Å²) in [6, 6.07) is 7.88. The quantitative estimate of drug-likeness (QED) is 0.311. The molecule has 0 amide bonds. The Labute approximate surface area is 193 Å². The summed E-state index contributed by atoms with van der Waals surface area (Å²) in [5, 5.41) is 23.6. The number of phenolic OH excluding ortho intramolecular Hbond substituents is 1. The van der Waals surface area contributed by atoms with Crippen LogP contribution in [-0.2, 0) is 14.8 Å². The largest absolute Gasteiger partial charge is 0.506 e. The Morgan fingerprint density at radius 1 is 1.27 bits per heavy atom. The first kappa shape index (κ1) is 24.7. The smallest absolute Gasteiger partial charge is 0.339 e. The minimum absolute atomic E-state index is 0.0367. The van der Waals surface area contributed by atoms with Gasteiger partial charge in [0.1, 0.15) is 11.6 Å². The summed E-state index contributed by atoms with van der Waals surface area (Å²) in [7, 11) is -2.20. The number of hydrogen-bond donors (Lipinski definition) is 4. The van der Waals surface area contributed by atoms with E-state index in [4.69, 9.17) is 4.74 Å². The lowest BCUT2D eigenvalue weighted by molar-refractivity contribution is 0.0600. The van der Waals surface area contributed by atoms with Crippen LogP contribution >= 0.6 is 0 Å². The molecule has 0 radical (unpaired) electrons. The summed E-state index contributed by atoms with van der Waals surface area (Å²) >= 11 is 0. The van der Waals surface area contributed by atoms with Gasteiger partial charge >= 0.3 is 5.97 Å². The first-order valence-electron chi connectivity index (χ1n) is 10.6. The van der Waals surface area contributed by atoms with E-state index in [2.05, 4.69) is 19.9 Å². The molecule has 1 aliphatic rings. The Kier molecular flexibility index (Phi) is 8.11. The van der Waals surface area contributed by atoms with E-state index in [0.29, 0.717) is 23.6 Å². The van der Waals surface area contributed by atoms with E-state index in [1.54, 1.807) is 12.1 Å². The van der Waals surface area contributed by atoms with E-state index in [9.17, 15) is 23.4 Å². The molecule has 0 unspecified atom stereocenters. The summed E-state index contributed by atoms with van der Waals surface area (Å²) in [6.07, 6.45) is 3.60. The lowest BCUT2D eigenvalue weighted by Gasteiger charge is -2.33. The highest BCUT2D eigenvalue weighted by molar-refractivity contribution is 7.92. The second-order valence-corrected chi connectivity index (χ2v) is 9.90. The lowest BCUT2D eigenvalue weighted by Crippen LogP contribution is -2.38. The van der Waals surface area contributed by atoms with Crippen molar-refractivity contribution in [2.24, 2.45) is 5.92 Å². The molecule has 0 aliphatic carbocycles. The molecule has 11 heteroatoms. The van der Waals surface area contributed by atoms with Gasteiger partial charge in [-0.3, -0.25) is 4.72 Å². The minimum atomic E-state index is -3.54. The number of sulfonamides is 1. The van der Waals surface area contributed by atoms with Gasteiger partial charge in [-0.25, -0.2) is 18.2 Å². The number of aromatic hydroxyl groups is 1. The summed E-state index contributed by atoms with van der Waals surface area (Å²) in [4.78, 5) is 18.1. The van der Waals surface area contributed by atoms with Gasteiger partial charge in [0.15, 0.2) is 0 Å². The monoisotopic (exact) mass is 478 g/mol. The van der Waals surface area contributed by atoms with Crippen LogP contribution in [0.4, 0.5) is 11.5 Å². The number of pyridine rings is 1. The van der Waals surface area contributed by atoms with Gasteiger partial charge in [-0.05, 0) is 55.1 Å². The number of phenols is 1. The van der Waals surface area contributed by atoms with Crippen LogP contribution in [0.3, 0.4) is 0 Å². The maximum Gasteiger partial charge on any atom is 0.339 e. The topological polar surface area (TPSA) is 141 Å². The first-order valence-corrected chi connectivity index (χ1v) is 12.5.